The number of halogens is 2. The molecule has 0 radical (unpaired) electrons. The van der Waals surface area contributed by atoms with Gasteiger partial charge in [-0.2, -0.15) is 0 Å². The van der Waals surface area contributed by atoms with Crippen molar-refractivity contribution in [3.8, 4) is 0 Å². The fourth-order valence-corrected chi connectivity index (χ4v) is 1.26. The highest BCUT2D eigenvalue weighted by Crippen LogP contribution is 2.14. The molecule has 1 aromatic carbocycles. The Bertz CT molecular complexity index is 263. The Kier molecular flexibility index (Phi) is 7.71. The number of rotatable bonds is 3. The molecule has 0 bridgehead atoms. The van der Waals surface area contributed by atoms with Gasteiger partial charge in [0.2, 0.25) is 0 Å². The number of hydrogen-bond donors (Lipinski definition) is 1. The van der Waals surface area contributed by atoms with Gasteiger partial charge in [-0.1, -0.05) is 42.8 Å². The molecule has 14 heavy (non-hydrogen) atoms. The van der Waals surface area contributed by atoms with Gasteiger partial charge in [-0.3, -0.25) is 0 Å². The summed E-state index contributed by atoms with van der Waals surface area (Å²) in [6.45, 7) is 7.45. The van der Waals surface area contributed by atoms with Gasteiger partial charge in [0.05, 0.1) is 0 Å². The van der Waals surface area contributed by atoms with Crippen LogP contribution in [0.4, 0.5) is 4.39 Å². The van der Waals surface area contributed by atoms with Crippen molar-refractivity contribution in [1.29, 1.82) is 0 Å². The van der Waals surface area contributed by atoms with E-state index in [2.05, 4.69) is 21.2 Å². The molecule has 0 fully saturated rings. The number of benzene rings is 1. The van der Waals surface area contributed by atoms with Crippen molar-refractivity contribution in [2.75, 3.05) is 6.54 Å². The molecule has 0 unspecified atom stereocenters. The van der Waals surface area contributed by atoms with Gasteiger partial charge in [0, 0.05) is 16.6 Å². The second kappa shape index (κ2) is 7.94. The Morgan fingerprint density at radius 3 is 2.50 bits per heavy atom. The van der Waals surface area contributed by atoms with Crippen LogP contribution in [-0.2, 0) is 6.54 Å². The van der Waals surface area contributed by atoms with Crippen molar-refractivity contribution in [1.82, 2.24) is 5.32 Å². The van der Waals surface area contributed by atoms with E-state index in [0.29, 0.717) is 12.1 Å². The third-order valence-corrected chi connectivity index (χ3v) is 2.07. The first-order valence-corrected chi connectivity index (χ1v) is 5.68. The van der Waals surface area contributed by atoms with Gasteiger partial charge in [-0.15, -0.1) is 0 Å². The summed E-state index contributed by atoms with van der Waals surface area (Å²) >= 11 is 3.20. The molecular weight excluding hydrogens is 245 g/mol. The molecule has 80 valence electrons. The van der Waals surface area contributed by atoms with E-state index < -0.39 is 0 Å². The zero-order valence-electron chi connectivity index (χ0n) is 8.90. The lowest BCUT2D eigenvalue weighted by Gasteiger charge is -2.03. The summed E-state index contributed by atoms with van der Waals surface area (Å²) in [5.41, 5.74) is 0.708. The fraction of sp³-hybridized carbons (Fsp3) is 0.455. The van der Waals surface area contributed by atoms with Crippen molar-refractivity contribution in [3.05, 3.63) is 34.1 Å². The largest absolute Gasteiger partial charge is 0.313 e. The molecule has 0 saturated carbocycles. The van der Waals surface area contributed by atoms with E-state index in [0.717, 1.165) is 11.0 Å². The molecule has 0 aliphatic heterocycles. The van der Waals surface area contributed by atoms with Crippen molar-refractivity contribution >= 4 is 15.9 Å². The van der Waals surface area contributed by atoms with E-state index in [1.54, 1.807) is 6.07 Å². The molecule has 0 atom stereocenters. The molecule has 3 heteroatoms. The van der Waals surface area contributed by atoms with Gasteiger partial charge in [-0.05, 0) is 18.7 Å². The highest BCUT2D eigenvalue weighted by Gasteiger charge is 2.00. The first-order valence-electron chi connectivity index (χ1n) is 4.88. The Morgan fingerprint density at radius 2 is 2.00 bits per heavy atom. The first kappa shape index (κ1) is 13.6. The zero-order valence-corrected chi connectivity index (χ0v) is 10.5. The normalized spacial score (nSPS) is 9.21. The minimum Gasteiger partial charge on any atom is -0.313 e. The van der Waals surface area contributed by atoms with Gasteiger partial charge in [0.25, 0.3) is 0 Å². The lowest BCUT2D eigenvalue weighted by Crippen LogP contribution is -2.12. The fourth-order valence-electron chi connectivity index (χ4n) is 0.925. The zero-order chi connectivity index (χ0) is 11.0. The van der Waals surface area contributed by atoms with Gasteiger partial charge in [-0.25, -0.2) is 4.39 Å². The smallest absolute Gasteiger partial charge is 0.128 e. The van der Waals surface area contributed by atoms with Gasteiger partial charge < -0.3 is 5.32 Å². The third-order valence-electron chi connectivity index (χ3n) is 1.58. The summed E-state index contributed by atoms with van der Waals surface area (Å²) in [7, 11) is 0. The SMILES string of the molecule is CC.CCNCc1ccc(Br)cc1F. The molecule has 0 aromatic heterocycles. The number of hydrogen-bond acceptors (Lipinski definition) is 1. The van der Waals surface area contributed by atoms with Crippen LogP contribution in [0.25, 0.3) is 0 Å². The molecule has 0 amide bonds. The maximum absolute atomic E-state index is 13.1. The van der Waals surface area contributed by atoms with Crippen LogP contribution in [-0.4, -0.2) is 6.54 Å². The van der Waals surface area contributed by atoms with Gasteiger partial charge in [0.15, 0.2) is 0 Å². The summed E-state index contributed by atoms with van der Waals surface area (Å²) in [4.78, 5) is 0. The van der Waals surface area contributed by atoms with Crippen LogP contribution in [0, 0.1) is 5.82 Å². The molecule has 0 heterocycles. The van der Waals surface area contributed by atoms with Gasteiger partial charge >= 0.3 is 0 Å². The molecule has 0 saturated heterocycles. The van der Waals surface area contributed by atoms with Crippen LogP contribution >= 0.6 is 15.9 Å². The maximum atomic E-state index is 13.1. The van der Waals surface area contributed by atoms with Crippen LogP contribution in [0.1, 0.15) is 26.3 Å². The van der Waals surface area contributed by atoms with Crippen LogP contribution < -0.4 is 5.32 Å². The minimum atomic E-state index is -0.162. The van der Waals surface area contributed by atoms with E-state index in [4.69, 9.17) is 0 Å². The summed E-state index contributed by atoms with van der Waals surface area (Å²) in [5.74, 6) is -0.162. The van der Waals surface area contributed by atoms with Crippen LogP contribution in [0.2, 0.25) is 0 Å². The molecule has 0 spiro atoms. The summed E-state index contributed by atoms with van der Waals surface area (Å²) in [6, 6.07) is 5.10. The van der Waals surface area contributed by atoms with Crippen LogP contribution in [0.15, 0.2) is 22.7 Å². The molecular formula is C11H17BrFN. The molecule has 0 aliphatic carbocycles. The Labute approximate surface area is 93.8 Å². The lowest BCUT2D eigenvalue weighted by molar-refractivity contribution is 0.592. The highest BCUT2D eigenvalue weighted by atomic mass is 79.9. The van der Waals surface area contributed by atoms with Crippen molar-refractivity contribution in [2.45, 2.75) is 27.3 Å². The second-order valence-electron chi connectivity index (χ2n) is 2.52. The predicted molar refractivity (Wildman–Crippen MR) is 62.8 cm³/mol. The van der Waals surface area contributed by atoms with Crippen molar-refractivity contribution in [2.24, 2.45) is 0 Å². The van der Waals surface area contributed by atoms with Gasteiger partial charge in [0.1, 0.15) is 5.82 Å². The maximum Gasteiger partial charge on any atom is 0.128 e. The summed E-state index contributed by atoms with van der Waals surface area (Å²) < 4.78 is 13.9. The van der Waals surface area contributed by atoms with E-state index in [9.17, 15) is 4.39 Å². The molecule has 1 N–H and O–H groups in total. The standard InChI is InChI=1S/C9H11BrFN.C2H6/c1-2-12-6-7-3-4-8(10)5-9(7)11;1-2/h3-5,12H,2,6H2,1H3;1-2H3. The van der Waals surface area contributed by atoms with E-state index in [1.807, 2.05) is 26.8 Å². The average Bonchev–Trinajstić information content (AvgIpc) is 2.20. The first-order chi connectivity index (χ1) is 6.74. The molecule has 1 aromatic rings. The Morgan fingerprint density at radius 1 is 1.36 bits per heavy atom. The Balaban J connectivity index is 0.000000791. The molecule has 1 rings (SSSR count). The monoisotopic (exact) mass is 261 g/mol. The minimum absolute atomic E-state index is 0.162. The van der Waals surface area contributed by atoms with Crippen molar-refractivity contribution < 1.29 is 4.39 Å². The third kappa shape index (κ3) is 4.72. The molecule has 0 aliphatic rings. The van der Waals surface area contributed by atoms with E-state index in [-0.39, 0.29) is 5.82 Å². The average molecular weight is 262 g/mol. The summed E-state index contributed by atoms with van der Waals surface area (Å²) in [6.07, 6.45) is 0. The quantitative estimate of drug-likeness (QED) is 0.875. The predicted octanol–water partition coefficient (Wildman–Crippen LogP) is 3.72. The molecule has 1 nitrogen and oxygen atoms in total. The van der Waals surface area contributed by atoms with Crippen LogP contribution in [0.5, 0.6) is 0 Å². The highest BCUT2D eigenvalue weighted by molar-refractivity contribution is 9.10. The topological polar surface area (TPSA) is 12.0 Å². The lowest BCUT2D eigenvalue weighted by atomic mass is 10.2. The number of nitrogens with one attached hydrogen (secondary N) is 1. The van der Waals surface area contributed by atoms with Crippen molar-refractivity contribution in [3.63, 3.8) is 0 Å². The second-order valence-corrected chi connectivity index (χ2v) is 3.43. The van der Waals surface area contributed by atoms with E-state index in [1.165, 1.54) is 6.07 Å². The summed E-state index contributed by atoms with van der Waals surface area (Å²) in [5, 5.41) is 3.07. The Hall–Kier alpha value is -0.410. The van der Waals surface area contributed by atoms with Crippen LogP contribution in [0.3, 0.4) is 0 Å². The van der Waals surface area contributed by atoms with E-state index >= 15 is 0 Å².